The monoisotopic (exact) mass is 415 g/mol. The Bertz CT molecular complexity index is 957. The summed E-state index contributed by atoms with van der Waals surface area (Å²) in [6.07, 6.45) is 2.38. The number of thioether (sulfide) groups is 1. The molecule has 0 N–H and O–H groups in total. The lowest BCUT2D eigenvalue weighted by molar-refractivity contribution is -0.129. The van der Waals surface area contributed by atoms with Gasteiger partial charge in [0.2, 0.25) is 11.8 Å². The predicted octanol–water partition coefficient (Wildman–Crippen LogP) is 3.63. The van der Waals surface area contributed by atoms with Gasteiger partial charge in [-0.1, -0.05) is 6.92 Å². The predicted molar refractivity (Wildman–Crippen MR) is 106 cm³/mol. The zero-order valence-corrected chi connectivity index (χ0v) is 16.8. The number of fused-ring (bicyclic) bond motifs is 1. The molecule has 0 saturated carbocycles. The van der Waals surface area contributed by atoms with Gasteiger partial charge >= 0.3 is 0 Å². The molecular formula is C20H21N3O5S. The first kappa shape index (κ1) is 19.4. The van der Waals surface area contributed by atoms with Crippen LogP contribution < -0.4 is 9.47 Å². The zero-order valence-electron chi connectivity index (χ0n) is 16.0. The molecule has 29 heavy (non-hydrogen) atoms. The van der Waals surface area contributed by atoms with Crippen molar-refractivity contribution in [2.45, 2.75) is 24.8 Å². The van der Waals surface area contributed by atoms with Crippen LogP contribution in [0.1, 0.15) is 19.2 Å². The molecule has 152 valence electrons. The van der Waals surface area contributed by atoms with Gasteiger partial charge in [-0.3, -0.25) is 4.79 Å². The van der Waals surface area contributed by atoms with E-state index in [1.54, 1.807) is 23.3 Å². The maximum atomic E-state index is 12.8. The quantitative estimate of drug-likeness (QED) is 0.515. The summed E-state index contributed by atoms with van der Waals surface area (Å²) in [4.78, 5) is 15.5. The SMILES string of the molecule is CCCN(Cc1nnc(-c2ccco2)o1)C(=O)CSc1ccc2c(c1)OCCO2. The molecule has 1 aliphatic heterocycles. The second-order valence-corrected chi connectivity index (χ2v) is 7.44. The van der Waals surface area contributed by atoms with Crippen LogP contribution in [0.25, 0.3) is 11.7 Å². The van der Waals surface area contributed by atoms with E-state index in [1.807, 2.05) is 25.1 Å². The summed E-state index contributed by atoms with van der Waals surface area (Å²) in [6, 6.07) is 9.21. The van der Waals surface area contributed by atoms with E-state index in [2.05, 4.69) is 10.2 Å². The highest BCUT2D eigenvalue weighted by Gasteiger charge is 2.19. The van der Waals surface area contributed by atoms with Crippen LogP contribution in [0.3, 0.4) is 0 Å². The minimum absolute atomic E-state index is 0.00416. The lowest BCUT2D eigenvalue weighted by Crippen LogP contribution is -2.32. The molecule has 3 aromatic rings. The molecule has 3 heterocycles. The summed E-state index contributed by atoms with van der Waals surface area (Å²) < 4.78 is 22.0. The van der Waals surface area contributed by atoms with Gasteiger partial charge in [0.15, 0.2) is 17.3 Å². The molecule has 9 heteroatoms. The number of hydrogen-bond donors (Lipinski definition) is 0. The average molecular weight is 415 g/mol. The first-order chi connectivity index (χ1) is 14.2. The highest BCUT2D eigenvalue weighted by molar-refractivity contribution is 8.00. The summed E-state index contributed by atoms with van der Waals surface area (Å²) in [5.74, 6) is 2.95. The normalized spacial score (nSPS) is 12.7. The third kappa shape index (κ3) is 4.73. The molecular weight excluding hydrogens is 394 g/mol. The van der Waals surface area contributed by atoms with Gasteiger partial charge < -0.3 is 23.2 Å². The molecule has 0 spiro atoms. The molecule has 0 fully saturated rings. The summed E-state index contributed by atoms with van der Waals surface area (Å²) in [5.41, 5.74) is 0. The van der Waals surface area contributed by atoms with Crippen LogP contribution in [-0.2, 0) is 11.3 Å². The smallest absolute Gasteiger partial charge is 0.283 e. The number of hydrogen-bond acceptors (Lipinski definition) is 8. The van der Waals surface area contributed by atoms with E-state index in [9.17, 15) is 4.79 Å². The van der Waals surface area contributed by atoms with Crippen molar-refractivity contribution in [3.63, 3.8) is 0 Å². The van der Waals surface area contributed by atoms with E-state index in [0.29, 0.717) is 43.1 Å². The van der Waals surface area contributed by atoms with E-state index in [-0.39, 0.29) is 12.5 Å². The van der Waals surface area contributed by atoms with Crippen molar-refractivity contribution in [3.05, 3.63) is 42.5 Å². The Hall–Kier alpha value is -2.94. The number of amides is 1. The number of benzene rings is 1. The van der Waals surface area contributed by atoms with Crippen LogP contribution in [0.2, 0.25) is 0 Å². The van der Waals surface area contributed by atoms with Crippen LogP contribution >= 0.6 is 11.8 Å². The van der Waals surface area contributed by atoms with Crippen molar-refractivity contribution in [2.75, 3.05) is 25.5 Å². The minimum atomic E-state index is 0.00416. The van der Waals surface area contributed by atoms with Crippen LogP contribution in [0.15, 0.2) is 50.3 Å². The molecule has 4 rings (SSSR count). The molecule has 1 amide bonds. The highest BCUT2D eigenvalue weighted by Crippen LogP contribution is 2.34. The van der Waals surface area contributed by atoms with Gasteiger partial charge in [-0.05, 0) is 36.8 Å². The van der Waals surface area contributed by atoms with Crippen LogP contribution in [0.5, 0.6) is 11.5 Å². The Morgan fingerprint density at radius 2 is 2.03 bits per heavy atom. The number of nitrogens with zero attached hydrogens (tertiary/aromatic N) is 3. The molecule has 0 atom stereocenters. The second kappa shape index (κ2) is 9.04. The van der Waals surface area contributed by atoms with E-state index >= 15 is 0 Å². The Morgan fingerprint density at radius 3 is 2.83 bits per heavy atom. The second-order valence-electron chi connectivity index (χ2n) is 6.39. The van der Waals surface area contributed by atoms with Crippen molar-refractivity contribution < 1.29 is 23.1 Å². The van der Waals surface area contributed by atoms with Crippen LogP contribution in [-0.4, -0.2) is 46.5 Å². The number of furan rings is 1. The van der Waals surface area contributed by atoms with Gasteiger partial charge in [0.25, 0.3) is 5.89 Å². The maximum Gasteiger partial charge on any atom is 0.283 e. The summed E-state index contributed by atoms with van der Waals surface area (Å²) >= 11 is 1.46. The third-order valence-corrected chi connectivity index (χ3v) is 5.23. The van der Waals surface area contributed by atoms with Crippen molar-refractivity contribution >= 4 is 17.7 Å². The number of carbonyl (C=O) groups excluding carboxylic acids is 1. The summed E-state index contributed by atoms with van der Waals surface area (Å²) in [5, 5.41) is 8.02. The lowest BCUT2D eigenvalue weighted by atomic mass is 10.3. The lowest BCUT2D eigenvalue weighted by Gasteiger charge is -2.21. The van der Waals surface area contributed by atoms with Crippen molar-refractivity contribution in [1.29, 1.82) is 0 Å². The Morgan fingerprint density at radius 1 is 1.17 bits per heavy atom. The van der Waals surface area contributed by atoms with Gasteiger partial charge in [0.1, 0.15) is 13.2 Å². The van der Waals surface area contributed by atoms with Crippen LogP contribution in [0, 0.1) is 0 Å². The molecule has 0 aliphatic carbocycles. The van der Waals surface area contributed by atoms with E-state index in [4.69, 9.17) is 18.3 Å². The van der Waals surface area contributed by atoms with Gasteiger partial charge in [-0.2, -0.15) is 0 Å². The largest absolute Gasteiger partial charge is 0.486 e. The van der Waals surface area contributed by atoms with E-state index in [1.165, 1.54) is 11.8 Å². The molecule has 0 saturated heterocycles. The van der Waals surface area contributed by atoms with Crippen molar-refractivity contribution in [2.24, 2.45) is 0 Å². The zero-order chi connectivity index (χ0) is 20.1. The van der Waals surface area contributed by atoms with Gasteiger partial charge in [-0.25, -0.2) is 0 Å². The Kier molecular flexibility index (Phi) is 6.04. The van der Waals surface area contributed by atoms with Crippen molar-refractivity contribution in [3.8, 4) is 23.1 Å². The summed E-state index contributed by atoms with van der Waals surface area (Å²) in [7, 11) is 0. The Balaban J connectivity index is 1.37. The molecule has 1 aliphatic rings. The third-order valence-electron chi connectivity index (χ3n) is 4.25. The fourth-order valence-corrected chi connectivity index (χ4v) is 3.72. The van der Waals surface area contributed by atoms with Crippen molar-refractivity contribution in [1.82, 2.24) is 15.1 Å². The molecule has 0 bridgehead atoms. The van der Waals surface area contributed by atoms with Crippen LogP contribution in [0.4, 0.5) is 0 Å². The van der Waals surface area contributed by atoms with E-state index < -0.39 is 0 Å². The first-order valence-corrected chi connectivity index (χ1v) is 10.4. The molecule has 1 aromatic carbocycles. The minimum Gasteiger partial charge on any atom is -0.486 e. The average Bonchev–Trinajstić information content (AvgIpc) is 3.43. The topological polar surface area (TPSA) is 90.8 Å². The first-order valence-electron chi connectivity index (χ1n) is 9.39. The number of rotatable bonds is 8. The number of aromatic nitrogens is 2. The molecule has 8 nitrogen and oxygen atoms in total. The Labute approximate surface area is 172 Å². The van der Waals surface area contributed by atoms with Gasteiger partial charge in [0, 0.05) is 11.4 Å². The fraction of sp³-hybridized carbons (Fsp3) is 0.350. The maximum absolute atomic E-state index is 12.8. The standard InChI is InChI=1S/C20H21N3O5S/c1-2-7-23(12-18-21-22-20(28-18)16-4-3-8-25-16)19(24)13-29-14-5-6-15-17(11-14)27-10-9-26-15/h3-6,8,11H,2,7,9-10,12-13H2,1H3. The van der Waals surface area contributed by atoms with Gasteiger partial charge in [-0.15, -0.1) is 22.0 Å². The molecule has 0 radical (unpaired) electrons. The van der Waals surface area contributed by atoms with E-state index in [0.717, 1.165) is 22.8 Å². The number of carbonyl (C=O) groups is 1. The van der Waals surface area contributed by atoms with Gasteiger partial charge in [0.05, 0.1) is 18.6 Å². The summed E-state index contributed by atoms with van der Waals surface area (Å²) in [6.45, 7) is 3.99. The molecule has 0 unspecified atom stereocenters. The highest BCUT2D eigenvalue weighted by atomic mass is 32.2. The molecule has 2 aromatic heterocycles. The fourth-order valence-electron chi connectivity index (χ4n) is 2.89. The number of ether oxygens (including phenoxy) is 2.